The van der Waals surface area contributed by atoms with Crippen molar-refractivity contribution in [1.29, 1.82) is 0 Å². The molecule has 3 N–H and O–H groups in total. The van der Waals surface area contributed by atoms with Crippen molar-refractivity contribution in [1.82, 2.24) is 0 Å². The SMILES string of the molecule is [Ca+2].[GaH3].[H-].[H-].[O]=[Sb]([OH])([OH])[OH]. The molecule has 0 aliphatic rings. The van der Waals surface area contributed by atoms with E-state index in [0.29, 0.717) is 0 Å². The van der Waals surface area contributed by atoms with E-state index in [0.717, 1.165) is 0 Å². The number of hydrogen-bond acceptors (Lipinski definition) is 1. The summed E-state index contributed by atoms with van der Waals surface area (Å²) in [6.45, 7) is 0. The molecule has 7 heavy (non-hydrogen) atoms. The minimum absolute atomic E-state index is 0. The summed E-state index contributed by atoms with van der Waals surface area (Å²) in [5.74, 6) is 0. The van der Waals surface area contributed by atoms with E-state index in [1.54, 1.807) is 0 Å². The van der Waals surface area contributed by atoms with Crippen LogP contribution in [-0.2, 0) is 3.02 Å². The fraction of sp³-hybridized carbons (Fsp3) is 0. The monoisotopic (exact) mass is 302 g/mol. The zero-order valence-electron chi connectivity index (χ0n) is 4.90. The Morgan fingerprint density at radius 2 is 1.29 bits per heavy atom. The second kappa shape index (κ2) is 6.51. The molecule has 0 radical (unpaired) electrons. The maximum atomic E-state index is 8.97. The predicted octanol–water partition coefficient (Wildman–Crippen LogP) is -3.51. The fourth-order valence-corrected chi connectivity index (χ4v) is 0. The first-order chi connectivity index (χ1) is 2.00. The summed E-state index contributed by atoms with van der Waals surface area (Å²) in [5.41, 5.74) is 0. The summed E-state index contributed by atoms with van der Waals surface area (Å²) in [6, 6.07) is 0. The van der Waals surface area contributed by atoms with Crippen LogP contribution in [0.1, 0.15) is 2.85 Å². The van der Waals surface area contributed by atoms with Gasteiger partial charge in [-0.15, -0.1) is 0 Å². The quantitative estimate of drug-likeness (QED) is 0.406. The molecule has 0 heterocycles. The van der Waals surface area contributed by atoms with Crippen molar-refractivity contribution >= 4 is 77.6 Å². The van der Waals surface area contributed by atoms with E-state index < -0.39 is 20.1 Å². The van der Waals surface area contributed by atoms with Gasteiger partial charge in [0.2, 0.25) is 0 Å². The Hall–Kier alpha value is 2.39. The molecular weight excluding hydrogens is 296 g/mol. The summed E-state index contributed by atoms with van der Waals surface area (Å²) >= 11 is -5.35. The first kappa shape index (κ1) is 16.2. The molecule has 0 aliphatic heterocycles. The molecule has 0 aromatic rings. The van der Waals surface area contributed by atoms with E-state index in [1.807, 2.05) is 0 Å². The summed E-state index contributed by atoms with van der Waals surface area (Å²) < 4.78 is 30.8. The first-order valence-corrected chi connectivity index (χ1v) is 5.25. The Balaban J connectivity index is -0.0000000133. The van der Waals surface area contributed by atoms with Crippen LogP contribution in [-0.4, -0.2) is 87.7 Å². The molecule has 0 spiro atoms. The Kier molecular flexibility index (Phi) is 15.1. The van der Waals surface area contributed by atoms with Crippen LogP contribution in [0.15, 0.2) is 0 Å². The van der Waals surface area contributed by atoms with Crippen LogP contribution in [0.4, 0.5) is 0 Å². The predicted molar refractivity (Wildman–Crippen MR) is 31.0 cm³/mol. The molecule has 0 unspecified atom stereocenters. The van der Waals surface area contributed by atoms with Crippen molar-refractivity contribution in [3.8, 4) is 0 Å². The van der Waals surface area contributed by atoms with Crippen LogP contribution in [0, 0.1) is 0 Å². The van der Waals surface area contributed by atoms with E-state index in [1.165, 1.54) is 0 Å². The number of hydrogen-bond donors (Lipinski definition) is 3. The molecule has 0 amide bonds. The zero-order valence-corrected chi connectivity index (χ0v) is 7.67. The van der Waals surface area contributed by atoms with Gasteiger partial charge in [-0.1, -0.05) is 0 Å². The zero-order chi connectivity index (χ0) is 4.50. The third-order valence-electron chi connectivity index (χ3n) is 0. The Bertz CT molecular complexity index is 64.7. The van der Waals surface area contributed by atoms with E-state index >= 15 is 0 Å². The summed E-state index contributed by atoms with van der Waals surface area (Å²) in [5, 5.41) is 0. The average Bonchev–Trinajstić information content (AvgIpc) is 0.722. The molecule has 42 valence electrons. The average molecular weight is 304 g/mol. The van der Waals surface area contributed by atoms with E-state index in [9.17, 15) is 0 Å². The van der Waals surface area contributed by atoms with Gasteiger partial charge >= 0.3 is 90.8 Å². The molecule has 4 nitrogen and oxygen atoms in total. The van der Waals surface area contributed by atoms with Gasteiger partial charge in [-0.3, -0.25) is 0 Å². The number of rotatable bonds is 0. The van der Waals surface area contributed by atoms with Crippen LogP contribution >= 0.6 is 0 Å². The van der Waals surface area contributed by atoms with Crippen molar-refractivity contribution in [3.63, 3.8) is 0 Å². The molecule has 0 atom stereocenters. The molecule has 0 saturated heterocycles. The molecule has 0 aliphatic carbocycles. The van der Waals surface area contributed by atoms with Gasteiger partial charge in [-0.2, -0.15) is 0 Å². The van der Waals surface area contributed by atoms with Crippen LogP contribution in [0.25, 0.3) is 0 Å². The normalized spacial score (nSPS) is 8.43. The van der Waals surface area contributed by atoms with Gasteiger partial charge in [0.15, 0.2) is 0 Å². The third-order valence-corrected chi connectivity index (χ3v) is 0. The van der Waals surface area contributed by atoms with Gasteiger partial charge in [0.1, 0.15) is 0 Å². The minimum atomic E-state index is -5.35. The summed E-state index contributed by atoms with van der Waals surface area (Å²) in [4.78, 5) is 0. The van der Waals surface area contributed by atoms with Crippen LogP contribution in [0.3, 0.4) is 0 Å². The standard InChI is InChI=1S/Ca.Ga.3H2O.O.Sb.5H/h;;3*1H2;;;;;;;/q+2;;;;;;+3;;;;2*-1/p-3. The molecule has 0 bridgehead atoms. The van der Waals surface area contributed by atoms with Gasteiger partial charge < -0.3 is 2.85 Å². The fourth-order valence-electron chi connectivity index (χ4n) is 0. The summed E-state index contributed by atoms with van der Waals surface area (Å²) in [7, 11) is 0. The second-order valence-electron chi connectivity index (χ2n) is 0.513. The van der Waals surface area contributed by atoms with Crippen LogP contribution in [0.2, 0.25) is 0 Å². The Labute approximate surface area is 92.0 Å². The van der Waals surface area contributed by atoms with Crippen molar-refractivity contribution in [2.75, 3.05) is 0 Å². The Morgan fingerprint density at radius 1 is 1.29 bits per heavy atom. The second-order valence-corrected chi connectivity index (χ2v) is 3.44. The molecular formula is H8CaGaO4Sb. The van der Waals surface area contributed by atoms with Crippen molar-refractivity contribution < 1.29 is 16.0 Å². The Morgan fingerprint density at radius 3 is 1.29 bits per heavy atom. The van der Waals surface area contributed by atoms with E-state index in [2.05, 4.69) is 0 Å². The van der Waals surface area contributed by atoms with Gasteiger partial charge in [0.25, 0.3) is 0 Å². The van der Waals surface area contributed by atoms with E-state index in [-0.39, 0.29) is 60.4 Å². The van der Waals surface area contributed by atoms with Gasteiger partial charge in [-0.25, -0.2) is 0 Å². The molecule has 0 saturated carbocycles. The molecule has 0 fully saturated rings. The molecule has 7 heteroatoms. The van der Waals surface area contributed by atoms with Crippen LogP contribution < -0.4 is 0 Å². The maximum absolute atomic E-state index is 8.97. The van der Waals surface area contributed by atoms with Gasteiger partial charge in [0, 0.05) is 0 Å². The third kappa shape index (κ3) is 59.9. The van der Waals surface area contributed by atoms with Crippen molar-refractivity contribution in [3.05, 3.63) is 0 Å². The van der Waals surface area contributed by atoms with E-state index in [4.69, 9.17) is 13.2 Å². The molecule has 0 aromatic heterocycles. The van der Waals surface area contributed by atoms with Crippen molar-refractivity contribution in [2.24, 2.45) is 0 Å². The van der Waals surface area contributed by atoms with Gasteiger partial charge in [-0.05, 0) is 0 Å². The van der Waals surface area contributed by atoms with Gasteiger partial charge in [0.05, 0.1) is 0 Å². The van der Waals surface area contributed by atoms with Crippen molar-refractivity contribution in [2.45, 2.75) is 0 Å². The topological polar surface area (TPSA) is 77.8 Å². The van der Waals surface area contributed by atoms with Crippen LogP contribution in [0.5, 0.6) is 0 Å². The molecule has 0 aromatic carbocycles. The summed E-state index contributed by atoms with van der Waals surface area (Å²) in [6.07, 6.45) is 0. The first-order valence-electron chi connectivity index (χ1n) is 0.783. The molecule has 0 rings (SSSR count).